The smallest absolute Gasteiger partial charge is 0.317 e. The number of hydrogen-bond donors (Lipinski definition) is 1. The van der Waals surface area contributed by atoms with E-state index in [1.807, 2.05) is 0 Å². The highest BCUT2D eigenvalue weighted by Gasteiger charge is 2.21. The lowest BCUT2D eigenvalue weighted by molar-refractivity contribution is -0.394. The van der Waals surface area contributed by atoms with Gasteiger partial charge in [-0.1, -0.05) is 0 Å². The minimum atomic E-state index is -0.866. The monoisotopic (exact) mass is 230 g/mol. The van der Waals surface area contributed by atoms with Gasteiger partial charge in [-0.3, -0.25) is 20.2 Å². The van der Waals surface area contributed by atoms with Crippen LogP contribution in [-0.4, -0.2) is 25.9 Å². The number of nitrogens with zero attached hydrogens (tertiary/aromatic N) is 2. The molecule has 0 saturated heterocycles. The number of nitro groups is 2. The second-order valence-corrected chi connectivity index (χ2v) is 2.64. The third-order valence-corrected chi connectivity index (χ3v) is 1.67. The highest BCUT2D eigenvalue weighted by molar-refractivity contribution is 5.75. The van der Waals surface area contributed by atoms with E-state index in [9.17, 15) is 25.3 Å². The fourth-order valence-electron chi connectivity index (χ4n) is 0.987. The lowest BCUT2D eigenvalue weighted by atomic mass is 10.1. The molecule has 7 nitrogen and oxygen atoms in total. The minimum Gasteiger partial charge on any atom is -0.502 e. The normalized spacial score (nSPS) is 9.13. The first kappa shape index (κ1) is 13.0. The van der Waals surface area contributed by atoms with Gasteiger partial charge in [0.2, 0.25) is 0 Å². The van der Waals surface area contributed by atoms with Crippen molar-refractivity contribution in [3.63, 3.8) is 0 Å². The van der Waals surface area contributed by atoms with Crippen LogP contribution in [0.1, 0.15) is 5.56 Å². The van der Waals surface area contributed by atoms with Gasteiger partial charge in [0.05, 0.1) is 15.9 Å². The van der Waals surface area contributed by atoms with Gasteiger partial charge in [-0.05, 0) is 17.9 Å². The van der Waals surface area contributed by atoms with E-state index in [1.165, 1.54) is 6.92 Å². The van der Waals surface area contributed by atoms with E-state index in [0.717, 1.165) is 12.1 Å². The van der Waals surface area contributed by atoms with Crippen LogP contribution in [0.4, 0.5) is 11.4 Å². The van der Waals surface area contributed by atoms with Gasteiger partial charge >= 0.3 is 5.69 Å². The lowest BCUT2D eigenvalue weighted by Crippen LogP contribution is -1.94. The van der Waals surface area contributed by atoms with Crippen molar-refractivity contribution in [1.82, 2.24) is 0 Å². The summed E-state index contributed by atoms with van der Waals surface area (Å²) in [6, 6.07) is 1.80. The molecule has 0 aromatic heterocycles. The van der Waals surface area contributed by atoms with Gasteiger partial charge in [0.15, 0.2) is 5.75 Å². The zero-order valence-electron chi connectivity index (χ0n) is 7.13. The van der Waals surface area contributed by atoms with Crippen LogP contribution in [0.25, 0.3) is 0 Å². The first-order valence-corrected chi connectivity index (χ1v) is 3.56. The summed E-state index contributed by atoms with van der Waals surface area (Å²) in [6.45, 7) is 1.36. The van der Waals surface area contributed by atoms with Crippen LogP contribution in [0.15, 0.2) is 12.1 Å². The molecule has 0 radical (unpaired) electrons. The molecule has 0 atom stereocenters. The highest BCUT2D eigenvalue weighted by Crippen LogP contribution is 2.33. The van der Waals surface area contributed by atoms with Crippen molar-refractivity contribution in [2.45, 2.75) is 6.92 Å². The number of non-ortho nitro benzene ring substituents is 1. The van der Waals surface area contributed by atoms with E-state index >= 15 is 0 Å². The second-order valence-electron chi connectivity index (χ2n) is 2.64. The first-order chi connectivity index (χ1) is 6.43. The molecule has 1 aromatic rings. The molecule has 0 amide bonds. The molecule has 0 aliphatic rings. The van der Waals surface area contributed by atoms with E-state index in [-0.39, 0.29) is 16.5 Å². The molecule has 82 valence electrons. The molecule has 8 heteroatoms. The van der Waals surface area contributed by atoms with Gasteiger partial charge in [-0.2, -0.15) is 0 Å². The van der Waals surface area contributed by atoms with Gasteiger partial charge in [0.25, 0.3) is 5.69 Å². The number of benzene rings is 1. The molecular formula is C7H10N2O5Si. The summed E-state index contributed by atoms with van der Waals surface area (Å²) in [5.74, 6) is -0.541. The summed E-state index contributed by atoms with van der Waals surface area (Å²) in [5.41, 5.74) is -0.963. The van der Waals surface area contributed by atoms with Crippen LogP contribution in [0, 0.1) is 27.2 Å². The van der Waals surface area contributed by atoms with Gasteiger partial charge < -0.3 is 5.11 Å². The molecule has 0 fully saturated rings. The Kier molecular flexibility index (Phi) is 3.92. The third kappa shape index (κ3) is 2.50. The number of phenols is 1. The van der Waals surface area contributed by atoms with Gasteiger partial charge in [0, 0.05) is 11.6 Å². The fourth-order valence-corrected chi connectivity index (χ4v) is 0.987. The van der Waals surface area contributed by atoms with Crippen molar-refractivity contribution in [2.75, 3.05) is 0 Å². The molecule has 15 heavy (non-hydrogen) atoms. The molecule has 1 rings (SSSR count). The second kappa shape index (κ2) is 4.51. The van der Waals surface area contributed by atoms with E-state index in [0.29, 0.717) is 0 Å². The van der Waals surface area contributed by atoms with Crippen molar-refractivity contribution in [3.8, 4) is 5.75 Å². The maximum absolute atomic E-state index is 10.4. The molecule has 0 spiro atoms. The predicted octanol–water partition coefficient (Wildman–Crippen LogP) is 0.0654. The SMILES string of the molecule is Cc1cc([N+](=O)[O-])cc([N+](=O)[O-])c1O.[SiH4]. The van der Waals surface area contributed by atoms with Crippen molar-refractivity contribution in [3.05, 3.63) is 37.9 Å². The summed E-state index contributed by atoms with van der Waals surface area (Å²) in [6.07, 6.45) is 0. The minimum absolute atomic E-state index is 0. The molecule has 0 heterocycles. The molecule has 1 N–H and O–H groups in total. The van der Waals surface area contributed by atoms with Crippen molar-refractivity contribution in [2.24, 2.45) is 0 Å². The van der Waals surface area contributed by atoms with E-state index < -0.39 is 27.0 Å². The number of phenolic OH excluding ortho intramolecular Hbond substituents is 1. The van der Waals surface area contributed by atoms with Crippen molar-refractivity contribution in [1.29, 1.82) is 0 Å². The lowest BCUT2D eigenvalue weighted by Gasteiger charge is -1.99. The molecule has 0 bridgehead atoms. The Balaban J connectivity index is 0.00000196. The van der Waals surface area contributed by atoms with Crippen LogP contribution < -0.4 is 0 Å². The summed E-state index contributed by atoms with van der Waals surface area (Å²) in [7, 11) is 0. The van der Waals surface area contributed by atoms with Crippen LogP contribution in [0.3, 0.4) is 0 Å². The summed E-state index contributed by atoms with van der Waals surface area (Å²) < 4.78 is 0. The zero-order valence-corrected chi connectivity index (χ0v) is 7.13. The number of aromatic hydroxyl groups is 1. The summed E-state index contributed by atoms with van der Waals surface area (Å²) >= 11 is 0. The number of hydrogen-bond acceptors (Lipinski definition) is 5. The molecule has 0 aliphatic carbocycles. The third-order valence-electron chi connectivity index (χ3n) is 1.67. The molecule has 0 saturated carbocycles. The van der Waals surface area contributed by atoms with Crippen LogP contribution >= 0.6 is 0 Å². The summed E-state index contributed by atoms with van der Waals surface area (Å²) in [5, 5.41) is 29.9. The quantitative estimate of drug-likeness (QED) is 0.439. The largest absolute Gasteiger partial charge is 0.502 e. The molecule has 0 aliphatic heterocycles. The average Bonchev–Trinajstić information content (AvgIpc) is 2.08. The Morgan fingerprint density at radius 2 is 1.73 bits per heavy atom. The van der Waals surface area contributed by atoms with Crippen molar-refractivity contribution < 1.29 is 15.0 Å². The Morgan fingerprint density at radius 3 is 2.13 bits per heavy atom. The van der Waals surface area contributed by atoms with E-state index in [4.69, 9.17) is 0 Å². The fraction of sp³-hybridized carbons (Fsp3) is 0.143. The van der Waals surface area contributed by atoms with E-state index in [1.54, 1.807) is 0 Å². The van der Waals surface area contributed by atoms with Crippen LogP contribution in [0.5, 0.6) is 5.75 Å². The summed E-state index contributed by atoms with van der Waals surface area (Å²) in [4.78, 5) is 19.1. The topological polar surface area (TPSA) is 107 Å². The maximum atomic E-state index is 10.4. The zero-order chi connectivity index (χ0) is 10.9. The number of rotatable bonds is 2. The Bertz CT molecular complexity index is 420. The van der Waals surface area contributed by atoms with Crippen LogP contribution in [-0.2, 0) is 0 Å². The van der Waals surface area contributed by atoms with Gasteiger partial charge in [-0.15, -0.1) is 0 Å². The molecule has 0 unspecified atom stereocenters. The Hall–Kier alpha value is -1.96. The van der Waals surface area contributed by atoms with Gasteiger partial charge in [0.1, 0.15) is 0 Å². The standard InChI is InChI=1S/C7H6N2O5.H4Si/c1-4-2-5(8(11)12)3-6(7(4)10)9(13)14;/h2-3,10H,1H3;1H4. The number of aryl methyl sites for hydroxylation is 1. The maximum Gasteiger partial charge on any atom is 0.317 e. The molecule has 1 aromatic carbocycles. The molecular weight excluding hydrogens is 220 g/mol. The van der Waals surface area contributed by atoms with Gasteiger partial charge in [-0.25, -0.2) is 0 Å². The first-order valence-electron chi connectivity index (χ1n) is 3.56. The van der Waals surface area contributed by atoms with E-state index in [2.05, 4.69) is 0 Å². The number of nitro benzene ring substituents is 2. The average molecular weight is 230 g/mol. The van der Waals surface area contributed by atoms with Crippen molar-refractivity contribution >= 4 is 22.3 Å². The van der Waals surface area contributed by atoms with Crippen LogP contribution in [0.2, 0.25) is 0 Å². The predicted molar refractivity (Wildman–Crippen MR) is 57.5 cm³/mol. The Labute approximate surface area is 88.7 Å². The Morgan fingerprint density at radius 1 is 1.20 bits per heavy atom. The highest BCUT2D eigenvalue weighted by atomic mass is 28.1.